The van der Waals surface area contributed by atoms with Gasteiger partial charge in [0.1, 0.15) is 5.75 Å². The van der Waals surface area contributed by atoms with E-state index < -0.39 is 0 Å². The molecule has 0 saturated carbocycles. The van der Waals surface area contributed by atoms with Gasteiger partial charge in [-0.25, -0.2) is 4.79 Å². The van der Waals surface area contributed by atoms with Crippen LogP contribution < -0.4 is 4.74 Å². The van der Waals surface area contributed by atoms with Crippen molar-refractivity contribution in [3.05, 3.63) is 103 Å². The number of hydrogen-bond acceptors (Lipinski definition) is 4. The summed E-state index contributed by atoms with van der Waals surface area (Å²) < 4.78 is 5.69. The Morgan fingerprint density at radius 1 is 0.467 bits per heavy atom. The summed E-state index contributed by atoms with van der Waals surface area (Å²) in [4.78, 5) is 15.5. The first-order chi connectivity index (χ1) is 22.2. The maximum Gasteiger partial charge on any atom is 0.343 e. The molecule has 4 aromatic rings. The molecule has 0 N–H and O–H groups in total. The highest BCUT2D eigenvalue weighted by atomic mass is 32.2. The van der Waals surface area contributed by atoms with E-state index in [0.29, 0.717) is 11.3 Å². The van der Waals surface area contributed by atoms with Crippen LogP contribution >= 0.6 is 23.5 Å². The summed E-state index contributed by atoms with van der Waals surface area (Å²) in [5.41, 5.74) is 5.06. The van der Waals surface area contributed by atoms with Gasteiger partial charge in [0.15, 0.2) is 0 Å². The molecule has 0 unspecified atom stereocenters. The maximum absolute atomic E-state index is 12.8. The Balaban J connectivity index is 1.20. The minimum absolute atomic E-state index is 0.345. The molecule has 0 amide bonds. The van der Waals surface area contributed by atoms with Crippen LogP contribution in [-0.2, 0) is 0 Å². The molecule has 2 nitrogen and oxygen atoms in total. The molecule has 0 aromatic heterocycles. The smallest absolute Gasteiger partial charge is 0.343 e. The standard InChI is InChI=1S/C41H50O2S2/c1-3-5-7-9-11-13-31-44-39-27-21-35(22-28-39)33-15-17-37(18-16-33)41(42)43-38-25-19-34(20-26-38)36-23-29-40(30-24-36)45-32-14-12-10-8-6-4-2/h15-30H,3-14,31-32H2,1-2H3. The van der Waals surface area contributed by atoms with Crippen LogP contribution in [0.2, 0.25) is 0 Å². The van der Waals surface area contributed by atoms with E-state index in [1.165, 1.54) is 98.3 Å². The van der Waals surface area contributed by atoms with Crippen molar-refractivity contribution >= 4 is 29.5 Å². The predicted molar refractivity (Wildman–Crippen MR) is 197 cm³/mol. The number of unbranched alkanes of at least 4 members (excludes halogenated alkanes) is 10. The van der Waals surface area contributed by atoms with Crippen molar-refractivity contribution in [1.29, 1.82) is 0 Å². The quantitative estimate of drug-likeness (QED) is 0.0416. The van der Waals surface area contributed by atoms with Crippen molar-refractivity contribution in [3.8, 4) is 28.0 Å². The molecule has 4 heteroatoms. The van der Waals surface area contributed by atoms with Gasteiger partial charge in [0, 0.05) is 9.79 Å². The van der Waals surface area contributed by atoms with Crippen LogP contribution in [-0.4, -0.2) is 17.5 Å². The van der Waals surface area contributed by atoms with Crippen LogP contribution in [0.3, 0.4) is 0 Å². The van der Waals surface area contributed by atoms with E-state index in [1.807, 2.05) is 72.1 Å². The molecule has 0 atom stereocenters. The molecule has 4 rings (SSSR count). The molecule has 0 aliphatic heterocycles. The largest absolute Gasteiger partial charge is 0.423 e. The number of hydrogen-bond donors (Lipinski definition) is 0. The van der Waals surface area contributed by atoms with Crippen LogP contribution in [0.4, 0.5) is 0 Å². The number of thioether (sulfide) groups is 2. The second-order valence-corrected chi connectivity index (χ2v) is 14.1. The van der Waals surface area contributed by atoms with Gasteiger partial charge in [0.25, 0.3) is 0 Å². The number of carbonyl (C=O) groups is 1. The SMILES string of the molecule is CCCCCCCCSc1ccc(-c2ccc(OC(=O)c3ccc(-c4ccc(SCCCCCCCC)cc4)cc3)cc2)cc1. The summed E-state index contributed by atoms with van der Waals surface area (Å²) >= 11 is 3.88. The summed E-state index contributed by atoms with van der Waals surface area (Å²) in [6.07, 6.45) is 16.0. The second-order valence-electron chi connectivity index (χ2n) is 11.8. The molecule has 0 bridgehead atoms. The van der Waals surface area contributed by atoms with Crippen LogP contribution in [0.5, 0.6) is 5.75 Å². The highest BCUT2D eigenvalue weighted by molar-refractivity contribution is 7.99. The minimum Gasteiger partial charge on any atom is -0.423 e. The summed E-state index contributed by atoms with van der Waals surface area (Å²) in [5, 5.41) is 0. The fourth-order valence-electron chi connectivity index (χ4n) is 5.31. The molecule has 0 spiro atoms. The summed E-state index contributed by atoms with van der Waals surface area (Å²) in [5.74, 6) is 2.56. The van der Waals surface area contributed by atoms with E-state index in [0.717, 1.165) is 22.3 Å². The Morgan fingerprint density at radius 2 is 0.822 bits per heavy atom. The van der Waals surface area contributed by atoms with Crippen molar-refractivity contribution in [3.63, 3.8) is 0 Å². The second kappa shape index (κ2) is 20.2. The van der Waals surface area contributed by atoms with Gasteiger partial charge in [-0.15, -0.1) is 23.5 Å². The van der Waals surface area contributed by atoms with E-state index in [4.69, 9.17) is 4.74 Å². The third kappa shape index (κ3) is 12.4. The fraction of sp³-hybridized carbons (Fsp3) is 0.390. The van der Waals surface area contributed by atoms with Crippen molar-refractivity contribution in [2.45, 2.75) is 101 Å². The highest BCUT2D eigenvalue weighted by Gasteiger charge is 2.10. The van der Waals surface area contributed by atoms with Gasteiger partial charge in [-0.1, -0.05) is 127 Å². The van der Waals surface area contributed by atoms with E-state index in [1.54, 1.807) is 0 Å². The molecule has 238 valence electrons. The average Bonchev–Trinajstić information content (AvgIpc) is 3.08. The van der Waals surface area contributed by atoms with E-state index in [-0.39, 0.29) is 5.97 Å². The number of benzene rings is 4. The summed E-state index contributed by atoms with van der Waals surface area (Å²) in [6, 6.07) is 33.0. The van der Waals surface area contributed by atoms with E-state index >= 15 is 0 Å². The summed E-state index contributed by atoms with van der Waals surface area (Å²) in [6.45, 7) is 4.53. The van der Waals surface area contributed by atoms with Crippen molar-refractivity contribution in [2.24, 2.45) is 0 Å². The zero-order chi connectivity index (χ0) is 31.5. The third-order valence-electron chi connectivity index (χ3n) is 8.09. The van der Waals surface area contributed by atoms with Crippen LogP contribution in [0, 0.1) is 0 Å². The molecule has 0 aliphatic carbocycles. The Morgan fingerprint density at radius 3 is 1.24 bits per heavy atom. The minimum atomic E-state index is -0.345. The van der Waals surface area contributed by atoms with E-state index in [9.17, 15) is 4.79 Å². The molecule has 0 heterocycles. The Hall–Kier alpha value is -2.95. The first-order valence-corrected chi connectivity index (χ1v) is 19.0. The number of carbonyl (C=O) groups excluding carboxylic acids is 1. The monoisotopic (exact) mass is 638 g/mol. The van der Waals surface area contributed by atoms with Crippen LogP contribution in [0.25, 0.3) is 22.3 Å². The molecule has 0 fully saturated rings. The lowest BCUT2D eigenvalue weighted by atomic mass is 10.0. The molecular formula is C41H50O2S2. The number of esters is 1. The Bertz CT molecular complexity index is 1380. The van der Waals surface area contributed by atoms with Gasteiger partial charge in [-0.05, 0) is 95.1 Å². The van der Waals surface area contributed by atoms with Crippen molar-refractivity contribution in [1.82, 2.24) is 0 Å². The highest BCUT2D eigenvalue weighted by Crippen LogP contribution is 2.28. The lowest BCUT2D eigenvalue weighted by molar-refractivity contribution is 0.0735. The normalized spacial score (nSPS) is 11.1. The van der Waals surface area contributed by atoms with Crippen molar-refractivity contribution < 1.29 is 9.53 Å². The van der Waals surface area contributed by atoms with E-state index in [2.05, 4.69) is 62.4 Å². The zero-order valence-electron chi connectivity index (χ0n) is 27.3. The maximum atomic E-state index is 12.8. The molecule has 0 aliphatic rings. The first kappa shape index (κ1) is 34.9. The predicted octanol–water partition coefficient (Wildman–Crippen LogP) is 13.1. The Labute approximate surface area is 280 Å². The lowest BCUT2D eigenvalue weighted by Gasteiger charge is -2.08. The zero-order valence-corrected chi connectivity index (χ0v) is 28.9. The lowest BCUT2D eigenvalue weighted by Crippen LogP contribution is -2.08. The third-order valence-corrected chi connectivity index (χ3v) is 10.3. The Kier molecular flexibility index (Phi) is 15.7. The molecule has 0 saturated heterocycles. The van der Waals surface area contributed by atoms with Gasteiger partial charge >= 0.3 is 5.97 Å². The average molecular weight is 639 g/mol. The molecule has 0 radical (unpaired) electrons. The summed E-state index contributed by atoms with van der Waals surface area (Å²) in [7, 11) is 0. The van der Waals surface area contributed by atoms with Gasteiger partial charge in [-0.2, -0.15) is 0 Å². The van der Waals surface area contributed by atoms with Gasteiger partial charge in [0.05, 0.1) is 5.56 Å². The van der Waals surface area contributed by atoms with Crippen LogP contribution in [0.1, 0.15) is 101 Å². The van der Waals surface area contributed by atoms with Crippen LogP contribution in [0.15, 0.2) is 107 Å². The molecule has 45 heavy (non-hydrogen) atoms. The van der Waals surface area contributed by atoms with Gasteiger partial charge in [-0.3, -0.25) is 0 Å². The first-order valence-electron chi connectivity index (χ1n) is 17.0. The molecular weight excluding hydrogens is 589 g/mol. The number of rotatable bonds is 20. The van der Waals surface area contributed by atoms with Gasteiger partial charge < -0.3 is 4.74 Å². The number of ether oxygens (including phenoxy) is 1. The fourth-order valence-corrected chi connectivity index (χ4v) is 7.14. The van der Waals surface area contributed by atoms with Gasteiger partial charge in [0.2, 0.25) is 0 Å². The van der Waals surface area contributed by atoms with Crippen molar-refractivity contribution in [2.75, 3.05) is 11.5 Å². The topological polar surface area (TPSA) is 26.3 Å². The molecule has 4 aromatic carbocycles.